The summed E-state index contributed by atoms with van der Waals surface area (Å²) in [5, 5.41) is 3.37. The van der Waals surface area contributed by atoms with E-state index in [0.29, 0.717) is 12.0 Å². The molecule has 0 aromatic carbocycles. The standard InChI is InChI=1S/C15H28N4/c16-15(18-13-3-1-2-4-13)17-11-12-7-9-19(10-8-12)14-5-6-14/h12-14H,1-11H2,(H3,16,17,18). The third-order valence-corrected chi connectivity index (χ3v) is 4.94. The highest BCUT2D eigenvalue weighted by atomic mass is 15.2. The lowest BCUT2D eigenvalue weighted by molar-refractivity contribution is 0.179. The van der Waals surface area contributed by atoms with Crippen LogP contribution >= 0.6 is 0 Å². The summed E-state index contributed by atoms with van der Waals surface area (Å²) in [5.74, 6) is 1.43. The average molecular weight is 264 g/mol. The Kier molecular flexibility index (Phi) is 4.26. The van der Waals surface area contributed by atoms with Crippen LogP contribution in [-0.4, -0.2) is 42.6 Å². The van der Waals surface area contributed by atoms with E-state index in [1.807, 2.05) is 0 Å². The molecule has 1 saturated heterocycles. The average Bonchev–Trinajstić information content (AvgIpc) is 3.16. The molecule has 3 rings (SSSR count). The molecule has 1 aliphatic heterocycles. The molecule has 3 fully saturated rings. The lowest BCUT2D eigenvalue weighted by atomic mass is 9.97. The van der Waals surface area contributed by atoms with Crippen molar-refractivity contribution in [1.29, 1.82) is 0 Å². The van der Waals surface area contributed by atoms with Crippen molar-refractivity contribution in [3.05, 3.63) is 0 Å². The number of nitrogens with two attached hydrogens (primary N) is 1. The lowest BCUT2D eigenvalue weighted by Crippen LogP contribution is -2.39. The minimum absolute atomic E-state index is 0.584. The number of aliphatic imine (C=N–C) groups is 1. The van der Waals surface area contributed by atoms with Crippen LogP contribution < -0.4 is 11.1 Å². The van der Waals surface area contributed by atoms with Gasteiger partial charge in [0.1, 0.15) is 0 Å². The summed E-state index contributed by atoms with van der Waals surface area (Å²) in [6.07, 6.45) is 10.7. The second-order valence-corrected chi connectivity index (χ2v) is 6.56. The molecule has 2 saturated carbocycles. The van der Waals surface area contributed by atoms with Crippen LogP contribution in [0, 0.1) is 5.92 Å². The molecule has 0 atom stereocenters. The Morgan fingerprint density at radius 2 is 1.74 bits per heavy atom. The van der Waals surface area contributed by atoms with Crippen molar-refractivity contribution in [2.45, 2.75) is 63.5 Å². The predicted octanol–water partition coefficient (Wildman–Crippen LogP) is 1.71. The monoisotopic (exact) mass is 264 g/mol. The molecule has 1 heterocycles. The number of guanidine groups is 1. The first-order chi connectivity index (χ1) is 9.31. The van der Waals surface area contributed by atoms with E-state index in [-0.39, 0.29) is 0 Å². The van der Waals surface area contributed by atoms with Gasteiger partial charge in [0.25, 0.3) is 0 Å². The summed E-state index contributed by atoms with van der Waals surface area (Å²) in [6.45, 7) is 3.48. The van der Waals surface area contributed by atoms with Gasteiger partial charge < -0.3 is 16.0 Å². The van der Waals surface area contributed by atoms with Crippen LogP contribution in [0.25, 0.3) is 0 Å². The van der Waals surface area contributed by atoms with Crippen molar-refractivity contribution in [2.75, 3.05) is 19.6 Å². The van der Waals surface area contributed by atoms with Gasteiger partial charge in [-0.3, -0.25) is 4.99 Å². The molecular weight excluding hydrogens is 236 g/mol. The largest absolute Gasteiger partial charge is 0.370 e. The molecule has 3 N–H and O–H groups in total. The number of hydrogen-bond donors (Lipinski definition) is 2. The van der Waals surface area contributed by atoms with E-state index in [2.05, 4.69) is 15.2 Å². The second kappa shape index (κ2) is 6.12. The smallest absolute Gasteiger partial charge is 0.188 e. The Hall–Kier alpha value is -0.770. The van der Waals surface area contributed by atoms with E-state index in [1.165, 1.54) is 64.5 Å². The quantitative estimate of drug-likeness (QED) is 0.600. The molecule has 4 nitrogen and oxygen atoms in total. The van der Waals surface area contributed by atoms with Gasteiger partial charge in [0.2, 0.25) is 0 Å². The van der Waals surface area contributed by atoms with Crippen LogP contribution in [0.5, 0.6) is 0 Å². The molecule has 0 aromatic rings. The molecule has 3 aliphatic rings. The third-order valence-electron chi connectivity index (χ3n) is 4.94. The molecule has 2 aliphatic carbocycles. The first-order valence-corrected chi connectivity index (χ1v) is 8.12. The fraction of sp³-hybridized carbons (Fsp3) is 0.933. The summed E-state index contributed by atoms with van der Waals surface area (Å²) in [7, 11) is 0. The van der Waals surface area contributed by atoms with Crippen molar-refractivity contribution < 1.29 is 0 Å². The maximum atomic E-state index is 5.98. The van der Waals surface area contributed by atoms with Gasteiger partial charge >= 0.3 is 0 Å². The number of nitrogens with one attached hydrogen (secondary N) is 1. The Morgan fingerprint density at radius 1 is 1.05 bits per heavy atom. The van der Waals surface area contributed by atoms with Crippen LogP contribution in [0.1, 0.15) is 51.4 Å². The van der Waals surface area contributed by atoms with E-state index >= 15 is 0 Å². The second-order valence-electron chi connectivity index (χ2n) is 6.56. The fourth-order valence-electron chi connectivity index (χ4n) is 3.49. The van der Waals surface area contributed by atoms with E-state index in [1.54, 1.807) is 0 Å². The number of rotatable bonds is 4. The van der Waals surface area contributed by atoms with E-state index in [9.17, 15) is 0 Å². The van der Waals surface area contributed by atoms with Crippen LogP contribution in [0.2, 0.25) is 0 Å². The van der Waals surface area contributed by atoms with Gasteiger partial charge in [0.05, 0.1) is 0 Å². The maximum Gasteiger partial charge on any atom is 0.188 e. The minimum atomic E-state index is 0.584. The zero-order chi connectivity index (χ0) is 13.1. The van der Waals surface area contributed by atoms with E-state index in [0.717, 1.165) is 18.5 Å². The molecule has 0 amide bonds. The van der Waals surface area contributed by atoms with Crippen molar-refractivity contribution in [2.24, 2.45) is 16.6 Å². The van der Waals surface area contributed by atoms with Crippen LogP contribution in [0.4, 0.5) is 0 Å². The first-order valence-electron chi connectivity index (χ1n) is 8.12. The van der Waals surface area contributed by atoms with Gasteiger partial charge in [0, 0.05) is 18.6 Å². The van der Waals surface area contributed by atoms with Crippen LogP contribution in [-0.2, 0) is 0 Å². The molecule has 0 bridgehead atoms. The van der Waals surface area contributed by atoms with E-state index in [4.69, 9.17) is 5.73 Å². The zero-order valence-corrected chi connectivity index (χ0v) is 12.0. The Balaban J connectivity index is 1.36. The van der Waals surface area contributed by atoms with Crippen molar-refractivity contribution in [3.8, 4) is 0 Å². The Morgan fingerprint density at radius 3 is 2.37 bits per heavy atom. The number of hydrogen-bond acceptors (Lipinski definition) is 2. The Labute approximate surface area is 116 Å². The predicted molar refractivity (Wildman–Crippen MR) is 79.2 cm³/mol. The number of likely N-dealkylation sites (tertiary alicyclic amines) is 1. The van der Waals surface area contributed by atoms with Gasteiger partial charge in [-0.2, -0.15) is 0 Å². The maximum absolute atomic E-state index is 5.98. The van der Waals surface area contributed by atoms with Crippen molar-refractivity contribution in [1.82, 2.24) is 10.2 Å². The Bertz CT molecular complexity index is 310. The summed E-state index contributed by atoms with van der Waals surface area (Å²) in [6, 6.07) is 1.51. The van der Waals surface area contributed by atoms with Crippen LogP contribution in [0.15, 0.2) is 4.99 Å². The molecular formula is C15H28N4. The molecule has 0 unspecified atom stereocenters. The number of piperidine rings is 1. The van der Waals surface area contributed by atoms with E-state index < -0.39 is 0 Å². The highest BCUT2D eigenvalue weighted by molar-refractivity contribution is 5.78. The highest BCUT2D eigenvalue weighted by Gasteiger charge is 2.31. The normalized spacial score (nSPS) is 27.9. The van der Waals surface area contributed by atoms with Gasteiger partial charge in [-0.05, 0) is 57.5 Å². The molecule has 0 aromatic heterocycles. The number of nitrogens with zero attached hydrogens (tertiary/aromatic N) is 2. The molecule has 108 valence electrons. The third kappa shape index (κ3) is 3.85. The van der Waals surface area contributed by atoms with Crippen molar-refractivity contribution >= 4 is 5.96 Å². The molecule has 0 spiro atoms. The van der Waals surface area contributed by atoms with Gasteiger partial charge in [0.15, 0.2) is 5.96 Å². The summed E-state index contributed by atoms with van der Waals surface area (Å²) in [4.78, 5) is 7.23. The van der Waals surface area contributed by atoms with Gasteiger partial charge in [-0.25, -0.2) is 0 Å². The highest BCUT2D eigenvalue weighted by Crippen LogP contribution is 2.30. The molecule has 19 heavy (non-hydrogen) atoms. The molecule has 4 heteroatoms. The molecule has 0 radical (unpaired) electrons. The van der Waals surface area contributed by atoms with Gasteiger partial charge in [-0.15, -0.1) is 0 Å². The topological polar surface area (TPSA) is 53.6 Å². The van der Waals surface area contributed by atoms with Crippen LogP contribution in [0.3, 0.4) is 0 Å². The summed E-state index contributed by atoms with van der Waals surface area (Å²) < 4.78 is 0. The summed E-state index contributed by atoms with van der Waals surface area (Å²) in [5.41, 5.74) is 5.98. The van der Waals surface area contributed by atoms with Gasteiger partial charge in [-0.1, -0.05) is 12.8 Å². The SMILES string of the molecule is NC(=NCC1CCN(C2CC2)CC1)NC1CCCC1. The zero-order valence-electron chi connectivity index (χ0n) is 12.0. The lowest BCUT2D eigenvalue weighted by Gasteiger charge is -2.31. The fourth-order valence-corrected chi connectivity index (χ4v) is 3.49. The van der Waals surface area contributed by atoms with Crippen molar-refractivity contribution in [3.63, 3.8) is 0 Å². The minimum Gasteiger partial charge on any atom is -0.370 e. The first kappa shape index (κ1) is 13.2. The summed E-state index contributed by atoms with van der Waals surface area (Å²) >= 11 is 0.